The Hall–Kier alpha value is -2.66. The Kier molecular flexibility index (Phi) is 4.07. The normalized spacial score (nSPS) is 11.3. The van der Waals surface area contributed by atoms with Gasteiger partial charge in [-0.25, -0.2) is 9.59 Å². The molecular formula is C22H12NaO4. The molecule has 0 spiro atoms. The van der Waals surface area contributed by atoms with Crippen molar-refractivity contribution in [1.29, 1.82) is 0 Å². The summed E-state index contributed by atoms with van der Waals surface area (Å²) < 4.78 is 0. The van der Waals surface area contributed by atoms with Crippen LogP contribution in [0, 0.1) is 0 Å². The number of carboxylic acids is 2. The molecule has 125 valence electrons. The van der Waals surface area contributed by atoms with Crippen molar-refractivity contribution < 1.29 is 19.8 Å². The molecule has 0 aliphatic rings. The molecule has 27 heavy (non-hydrogen) atoms. The zero-order valence-corrected chi connectivity index (χ0v) is 16.5. The summed E-state index contributed by atoms with van der Waals surface area (Å²) >= 11 is 0. The maximum Gasteiger partial charge on any atom is 0.337 e. The third kappa shape index (κ3) is 2.42. The average molecular weight is 363 g/mol. The molecule has 5 aromatic rings. The van der Waals surface area contributed by atoms with Gasteiger partial charge in [-0.05, 0) is 55.2 Å². The first-order valence-electron chi connectivity index (χ1n) is 8.16. The minimum absolute atomic E-state index is 0. The average Bonchev–Trinajstić information content (AvgIpc) is 2.64. The van der Waals surface area contributed by atoms with Gasteiger partial charge in [0.1, 0.15) is 0 Å². The number of fused-ring (bicyclic) bond motifs is 2. The van der Waals surface area contributed by atoms with Gasteiger partial charge in [0.25, 0.3) is 0 Å². The maximum absolute atomic E-state index is 11.8. The predicted molar refractivity (Wildman–Crippen MR) is 107 cm³/mol. The van der Waals surface area contributed by atoms with Crippen molar-refractivity contribution in [2.75, 3.05) is 0 Å². The summed E-state index contributed by atoms with van der Waals surface area (Å²) in [7, 11) is 0. The molecule has 2 N–H and O–H groups in total. The number of benzene rings is 5. The molecule has 5 aromatic carbocycles. The molecular weight excluding hydrogens is 351 g/mol. The maximum atomic E-state index is 11.8. The molecule has 0 aromatic heterocycles. The monoisotopic (exact) mass is 363 g/mol. The van der Waals surface area contributed by atoms with Crippen molar-refractivity contribution in [3.63, 3.8) is 0 Å². The second kappa shape index (κ2) is 6.20. The zero-order chi connectivity index (χ0) is 18.0. The van der Waals surface area contributed by atoms with E-state index in [0.29, 0.717) is 5.39 Å². The molecule has 0 saturated carbocycles. The number of carbonyl (C=O) groups is 2. The molecule has 0 aliphatic heterocycles. The van der Waals surface area contributed by atoms with E-state index in [9.17, 15) is 19.8 Å². The third-order valence-electron chi connectivity index (χ3n) is 5.09. The first-order valence-corrected chi connectivity index (χ1v) is 8.16. The number of carboxylic acid groups (broad SMARTS) is 2. The molecule has 0 heterocycles. The zero-order valence-electron chi connectivity index (χ0n) is 14.5. The van der Waals surface area contributed by atoms with Crippen molar-refractivity contribution in [3.8, 4) is 0 Å². The van der Waals surface area contributed by atoms with Crippen LogP contribution < -0.4 is 0 Å². The number of rotatable bonds is 2. The standard InChI is InChI=1S/C22H12O4.Na/c23-21(24)16-9-8-14-15-7-6-12-3-1-2-11-4-5-13(19(15)18(11)12)10-17(14)20(16)22(25)26;/h1-10H,(H,23,24)(H,25,26);. The molecule has 0 saturated heterocycles. The van der Waals surface area contributed by atoms with Gasteiger partial charge in [0, 0.05) is 29.6 Å². The summed E-state index contributed by atoms with van der Waals surface area (Å²) in [4.78, 5) is 23.3. The smallest absolute Gasteiger partial charge is 0.337 e. The molecule has 0 aliphatic carbocycles. The van der Waals surface area contributed by atoms with Gasteiger partial charge in [-0.2, -0.15) is 0 Å². The second-order valence-electron chi connectivity index (χ2n) is 6.43. The molecule has 4 nitrogen and oxygen atoms in total. The number of aromatic carboxylic acids is 2. The Morgan fingerprint density at radius 3 is 1.93 bits per heavy atom. The molecule has 1 radical (unpaired) electrons. The van der Waals surface area contributed by atoms with E-state index < -0.39 is 11.9 Å². The fourth-order valence-corrected chi connectivity index (χ4v) is 4.02. The van der Waals surface area contributed by atoms with Crippen LogP contribution in [0.5, 0.6) is 0 Å². The van der Waals surface area contributed by atoms with E-state index in [-0.39, 0.29) is 40.7 Å². The van der Waals surface area contributed by atoms with E-state index in [1.54, 1.807) is 12.1 Å². The Morgan fingerprint density at radius 1 is 0.630 bits per heavy atom. The quantitative estimate of drug-likeness (QED) is 0.270. The van der Waals surface area contributed by atoms with Crippen LogP contribution in [0.25, 0.3) is 43.1 Å². The van der Waals surface area contributed by atoms with Gasteiger partial charge in [0.2, 0.25) is 0 Å². The molecule has 5 rings (SSSR count). The van der Waals surface area contributed by atoms with Crippen LogP contribution in [0.2, 0.25) is 0 Å². The second-order valence-corrected chi connectivity index (χ2v) is 6.43. The minimum Gasteiger partial charge on any atom is -0.478 e. The SMILES string of the molecule is O=C(O)c1ccc2c(cc3ccc4cccc5ccc2c3c45)c1C(=O)O.[Na]. The van der Waals surface area contributed by atoms with E-state index in [1.165, 1.54) is 6.07 Å². The summed E-state index contributed by atoms with van der Waals surface area (Å²) in [6.07, 6.45) is 0. The van der Waals surface area contributed by atoms with Gasteiger partial charge in [-0.3, -0.25) is 0 Å². The van der Waals surface area contributed by atoms with Gasteiger partial charge < -0.3 is 10.2 Å². The topological polar surface area (TPSA) is 74.6 Å². The van der Waals surface area contributed by atoms with Crippen LogP contribution in [-0.2, 0) is 0 Å². The summed E-state index contributed by atoms with van der Waals surface area (Å²) in [5.41, 5.74) is -0.363. The summed E-state index contributed by atoms with van der Waals surface area (Å²) in [5, 5.41) is 26.5. The van der Waals surface area contributed by atoms with E-state index >= 15 is 0 Å². The minimum atomic E-state index is -1.24. The van der Waals surface area contributed by atoms with Gasteiger partial charge in [0.05, 0.1) is 11.1 Å². The van der Waals surface area contributed by atoms with E-state index in [1.807, 2.05) is 30.3 Å². The number of hydrogen-bond donors (Lipinski definition) is 2. The fraction of sp³-hybridized carbons (Fsp3) is 0. The Morgan fingerprint density at radius 2 is 1.26 bits per heavy atom. The van der Waals surface area contributed by atoms with Crippen LogP contribution in [0.3, 0.4) is 0 Å². The third-order valence-corrected chi connectivity index (χ3v) is 5.09. The number of hydrogen-bond acceptors (Lipinski definition) is 2. The Bertz CT molecular complexity index is 1370. The van der Waals surface area contributed by atoms with Crippen LogP contribution in [0.15, 0.2) is 60.7 Å². The van der Waals surface area contributed by atoms with Gasteiger partial charge in [-0.15, -0.1) is 0 Å². The van der Waals surface area contributed by atoms with Crippen molar-refractivity contribution in [3.05, 3.63) is 71.8 Å². The molecule has 5 heteroatoms. The van der Waals surface area contributed by atoms with Gasteiger partial charge in [-0.1, -0.05) is 48.5 Å². The fourth-order valence-electron chi connectivity index (χ4n) is 4.02. The van der Waals surface area contributed by atoms with Crippen LogP contribution >= 0.6 is 0 Å². The van der Waals surface area contributed by atoms with Gasteiger partial charge >= 0.3 is 11.9 Å². The first kappa shape index (κ1) is 17.7. The Labute approximate surface area is 175 Å². The summed E-state index contributed by atoms with van der Waals surface area (Å²) in [6.45, 7) is 0. The summed E-state index contributed by atoms with van der Waals surface area (Å²) in [6, 6.07) is 19.0. The van der Waals surface area contributed by atoms with E-state index in [0.717, 1.165) is 37.7 Å². The first-order chi connectivity index (χ1) is 12.6. The van der Waals surface area contributed by atoms with Crippen molar-refractivity contribution in [1.82, 2.24) is 0 Å². The largest absolute Gasteiger partial charge is 0.478 e. The van der Waals surface area contributed by atoms with Gasteiger partial charge in [0.15, 0.2) is 0 Å². The molecule has 0 amide bonds. The van der Waals surface area contributed by atoms with Crippen molar-refractivity contribution in [2.45, 2.75) is 0 Å². The van der Waals surface area contributed by atoms with Crippen molar-refractivity contribution >= 4 is 84.6 Å². The van der Waals surface area contributed by atoms with Crippen LogP contribution in [0.4, 0.5) is 0 Å². The molecule has 0 unspecified atom stereocenters. The van der Waals surface area contributed by atoms with Crippen LogP contribution in [0.1, 0.15) is 20.7 Å². The molecule has 0 atom stereocenters. The van der Waals surface area contributed by atoms with Crippen LogP contribution in [-0.4, -0.2) is 51.7 Å². The molecule has 0 fully saturated rings. The predicted octanol–water partition coefficient (Wildman–Crippen LogP) is 4.75. The molecule has 0 bridgehead atoms. The van der Waals surface area contributed by atoms with E-state index in [4.69, 9.17) is 0 Å². The van der Waals surface area contributed by atoms with Crippen molar-refractivity contribution in [2.24, 2.45) is 0 Å². The Balaban J connectivity index is 0.00000180. The summed E-state index contributed by atoms with van der Waals surface area (Å²) in [5.74, 6) is -2.48. The van der Waals surface area contributed by atoms with E-state index in [2.05, 4.69) is 12.1 Å².